The number of rotatable bonds is 6. The summed E-state index contributed by atoms with van der Waals surface area (Å²) in [6.45, 7) is 2.85. The van der Waals surface area contributed by atoms with Crippen molar-refractivity contribution in [3.8, 4) is 5.75 Å². The summed E-state index contributed by atoms with van der Waals surface area (Å²) in [6, 6.07) is 7.49. The largest absolute Gasteiger partial charge is 0.494 e. The lowest BCUT2D eigenvalue weighted by Crippen LogP contribution is -2.00. The minimum absolute atomic E-state index is 0.0482. The van der Waals surface area contributed by atoms with Crippen molar-refractivity contribution in [2.75, 3.05) is 11.9 Å². The van der Waals surface area contributed by atoms with E-state index in [1.54, 1.807) is 0 Å². The van der Waals surface area contributed by atoms with Crippen molar-refractivity contribution in [1.29, 1.82) is 0 Å². The van der Waals surface area contributed by atoms with E-state index < -0.39 is 0 Å². The number of halogens is 2. The van der Waals surface area contributed by atoms with E-state index in [0.29, 0.717) is 5.95 Å². The molecule has 1 aromatic carbocycles. The number of nitrogens with zero attached hydrogens (tertiary/aromatic N) is 3. The highest BCUT2D eigenvalue weighted by Gasteiger charge is 2.03. The quantitative estimate of drug-likeness (QED) is 0.814. The van der Waals surface area contributed by atoms with Gasteiger partial charge in [0.05, 0.1) is 6.61 Å². The fourth-order valence-corrected chi connectivity index (χ4v) is 1.84. The molecule has 0 atom stereocenters. The Labute approximate surface area is 127 Å². The summed E-state index contributed by atoms with van der Waals surface area (Å²) >= 11 is 11.4. The summed E-state index contributed by atoms with van der Waals surface area (Å²) < 4.78 is 5.58. The maximum atomic E-state index is 5.71. The molecular weight excluding hydrogens is 299 g/mol. The summed E-state index contributed by atoms with van der Waals surface area (Å²) in [5.74, 6) is 1.13. The molecule has 7 heteroatoms. The molecule has 0 unspecified atom stereocenters. The zero-order valence-corrected chi connectivity index (χ0v) is 12.4. The highest BCUT2D eigenvalue weighted by Crippen LogP contribution is 2.19. The lowest BCUT2D eigenvalue weighted by molar-refractivity contribution is 0.309. The smallest absolute Gasteiger partial charge is 0.232 e. The number of ether oxygens (including phenoxy) is 1. The Morgan fingerprint density at radius 3 is 2.30 bits per heavy atom. The third kappa shape index (κ3) is 4.51. The maximum absolute atomic E-state index is 5.71. The van der Waals surface area contributed by atoms with Crippen LogP contribution in [-0.4, -0.2) is 21.6 Å². The Hall–Kier alpha value is -1.59. The van der Waals surface area contributed by atoms with Crippen LogP contribution in [0.4, 0.5) is 11.6 Å². The van der Waals surface area contributed by atoms with Gasteiger partial charge in [0.2, 0.25) is 16.5 Å². The molecule has 0 fully saturated rings. The van der Waals surface area contributed by atoms with Gasteiger partial charge in [-0.2, -0.15) is 15.0 Å². The van der Waals surface area contributed by atoms with Crippen molar-refractivity contribution >= 4 is 34.8 Å². The molecule has 5 nitrogen and oxygen atoms in total. The summed E-state index contributed by atoms with van der Waals surface area (Å²) in [7, 11) is 0. The molecular formula is C13H14Cl2N4O. The zero-order chi connectivity index (χ0) is 14.4. The van der Waals surface area contributed by atoms with Gasteiger partial charge in [0.1, 0.15) is 5.75 Å². The number of hydrogen-bond donors (Lipinski definition) is 1. The number of anilines is 2. The molecule has 0 aliphatic carbocycles. The molecule has 0 bridgehead atoms. The first kappa shape index (κ1) is 14.8. The van der Waals surface area contributed by atoms with E-state index in [2.05, 4.69) is 27.2 Å². The molecule has 0 aliphatic heterocycles. The second kappa shape index (κ2) is 7.26. The minimum Gasteiger partial charge on any atom is -0.494 e. The molecule has 2 aromatic rings. The number of aromatic nitrogens is 3. The fourth-order valence-electron chi connectivity index (χ4n) is 1.48. The van der Waals surface area contributed by atoms with Crippen molar-refractivity contribution in [2.24, 2.45) is 0 Å². The van der Waals surface area contributed by atoms with Crippen LogP contribution < -0.4 is 10.1 Å². The van der Waals surface area contributed by atoms with Crippen LogP contribution in [0.1, 0.15) is 19.8 Å². The SMILES string of the molecule is CCCCOc1ccc(Nc2nc(Cl)nc(Cl)n2)cc1. The number of benzene rings is 1. The Kier molecular flexibility index (Phi) is 5.38. The van der Waals surface area contributed by atoms with E-state index in [-0.39, 0.29) is 10.6 Å². The molecule has 1 heterocycles. The van der Waals surface area contributed by atoms with Gasteiger partial charge >= 0.3 is 0 Å². The van der Waals surface area contributed by atoms with Gasteiger partial charge < -0.3 is 10.1 Å². The maximum Gasteiger partial charge on any atom is 0.232 e. The van der Waals surface area contributed by atoms with Crippen LogP contribution in [0.25, 0.3) is 0 Å². The van der Waals surface area contributed by atoms with Crippen LogP contribution in [0.15, 0.2) is 24.3 Å². The highest BCUT2D eigenvalue weighted by atomic mass is 35.5. The van der Waals surface area contributed by atoms with Crippen LogP contribution in [0.2, 0.25) is 10.6 Å². The molecule has 0 aliphatic rings. The predicted molar refractivity (Wildman–Crippen MR) is 80.0 cm³/mol. The topological polar surface area (TPSA) is 59.9 Å². The number of nitrogens with one attached hydrogen (secondary N) is 1. The second-order valence-electron chi connectivity index (χ2n) is 4.05. The fraction of sp³-hybridized carbons (Fsp3) is 0.308. The minimum atomic E-state index is 0.0482. The van der Waals surface area contributed by atoms with Gasteiger partial charge in [-0.3, -0.25) is 0 Å². The first-order chi connectivity index (χ1) is 9.67. The lowest BCUT2D eigenvalue weighted by Gasteiger charge is -2.08. The van der Waals surface area contributed by atoms with Crippen molar-refractivity contribution in [3.05, 3.63) is 34.8 Å². The molecule has 0 radical (unpaired) electrons. The summed E-state index contributed by atoms with van der Waals surface area (Å²) in [4.78, 5) is 11.5. The van der Waals surface area contributed by atoms with Crippen LogP contribution in [0.3, 0.4) is 0 Å². The van der Waals surface area contributed by atoms with Crippen molar-refractivity contribution in [1.82, 2.24) is 15.0 Å². The van der Waals surface area contributed by atoms with E-state index >= 15 is 0 Å². The van der Waals surface area contributed by atoms with Crippen LogP contribution in [0.5, 0.6) is 5.75 Å². The van der Waals surface area contributed by atoms with Gasteiger partial charge in [0.15, 0.2) is 0 Å². The molecule has 20 heavy (non-hydrogen) atoms. The monoisotopic (exact) mass is 312 g/mol. The average Bonchev–Trinajstić information content (AvgIpc) is 2.40. The third-order valence-electron chi connectivity index (χ3n) is 2.46. The summed E-state index contributed by atoms with van der Waals surface area (Å²) in [5, 5.41) is 3.09. The summed E-state index contributed by atoms with van der Waals surface area (Å²) in [6.07, 6.45) is 2.16. The Balaban J connectivity index is 1.99. The van der Waals surface area contributed by atoms with Gasteiger partial charge in [-0.05, 0) is 53.9 Å². The number of unbranched alkanes of at least 4 members (excludes halogenated alkanes) is 1. The highest BCUT2D eigenvalue weighted by molar-refractivity contribution is 6.31. The normalized spacial score (nSPS) is 10.3. The molecule has 0 saturated heterocycles. The van der Waals surface area contributed by atoms with Gasteiger partial charge in [-0.25, -0.2) is 0 Å². The standard InChI is InChI=1S/C13H14Cl2N4O/c1-2-3-8-20-10-6-4-9(5-7-10)16-13-18-11(14)17-12(15)19-13/h4-7H,2-3,8H2,1H3,(H,16,17,18,19). The van der Waals surface area contributed by atoms with Crippen molar-refractivity contribution in [2.45, 2.75) is 19.8 Å². The first-order valence-electron chi connectivity index (χ1n) is 6.24. The Morgan fingerprint density at radius 1 is 1.05 bits per heavy atom. The van der Waals surface area contributed by atoms with Crippen LogP contribution in [0, 0.1) is 0 Å². The lowest BCUT2D eigenvalue weighted by atomic mass is 10.3. The molecule has 0 spiro atoms. The van der Waals surface area contributed by atoms with Crippen molar-refractivity contribution in [3.63, 3.8) is 0 Å². The molecule has 2 rings (SSSR count). The summed E-state index contributed by atoms with van der Waals surface area (Å²) in [5.41, 5.74) is 0.811. The van der Waals surface area contributed by atoms with E-state index in [1.807, 2.05) is 24.3 Å². The Bertz CT molecular complexity index is 543. The molecule has 106 valence electrons. The van der Waals surface area contributed by atoms with E-state index in [0.717, 1.165) is 30.9 Å². The average molecular weight is 313 g/mol. The van der Waals surface area contributed by atoms with Crippen LogP contribution in [-0.2, 0) is 0 Å². The second-order valence-corrected chi connectivity index (χ2v) is 4.72. The van der Waals surface area contributed by atoms with E-state index in [4.69, 9.17) is 27.9 Å². The number of hydrogen-bond acceptors (Lipinski definition) is 5. The van der Waals surface area contributed by atoms with Gasteiger partial charge in [0.25, 0.3) is 0 Å². The van der Waals surface area contributed by atoms with Gasteiger partial charge in [-0.1, -0.05) is 13.3 Å². The molecule has 0 amide bonds. The Morgan fingerprint density at radius 2 is 1.70 bits per heavy atom. The van der Waals surface area contributed by atoms with Crippen LogP contribution >= 0.6 is 23.2 Å². The predicted octanol–water partition coefficient (Wildman–Crippen LogP) is 4.10. The first-order valence-corrected chi connectivity index (χ1v) is 7.00. The molecule has 0 saturated carbocycles. The zero-order valence-electron chi connectivity index (χ0n) is 10.9. The van der Waals surface area contributed by atoms with Crippen molar-refractivity contribution < 1.29 is 4.74 Å². The third-order valence-corrected chi connectivity index (χ3v) is 2.80. The molecule has 1 aromatic heterocycles. The van der Waals surface area contributed by atoms with Gasteiger partial charge in [0, 0.05) is 5.69 Å². The molecule has 1 N–H and O–H groups in total. The van der Waals surface area contributed by atoms with E-state index in [1.165, 1.54) is 0 Å². The van der Waals surface area contributed by atoms with Gasteiger partial charge in [-0.15, -0.1) is 0 Å². The van der Waals surface area contributed by atoms with E-state index in [9.17, 15) is 0 Å².